The maximum Gasteiger partial charge on any atom is 0.245 e. The topological polar surface area (TPSA) is 243 Å². The fourth-order valence-corrected chi connectivity index (χ4v) is 4.07. The third-order valence-electron chi connectivity index (χ3n) is 6.43. The molecule has 0 fully saturated rings. The van der Waals surface area contributed by atoms with E-state index in [1.165, 1.54) is 19.0 Å². The summed E-state index contributed by atoms with van der Waals surface area (Å²) in [6.45, 7) is 0.191. The van der Waals surface area contributed by atoms with Gasteiger partial charge in [-0.1, -0.05) is 54.6 Å². The van der Waals surface area contributed by atoms with Gasteiger partial charge in [-0.3, -0.25) is 30.0 Å². The predicted octanol–water partition coefficient (Wildman–Crippen LogP) is -0.847. The van der Waals surface area contributed by atoms with Crippen LogP contribution in [0.1, 0.15) is 29.5 Å². The van der Waals surface area contributed by atoms with Crippen molar-refractivity contribution < 1.29 is 23.9 Å². The van der Waals surface area contributed by atoms with E-state index in [9.17, 15) is 19.2 Å². The minimum atomic E-state index is -1.26. The van der Waals surface area contributed by atoms with E-state index in [0.29, 0.717) is 17.5 Å². The van der Waals surface area contributed by atoms with Gasteiger partial charge in [-0.15, -0.1) is 0 Å². The second kappa shape index (κ2) is 17.1. The maximum absolute atomic E-state index is 13.5. The molecule has 0 aliphatic heterocycles. The molecule has 3 atom stereocenters. The number of carbonyl (C=O) groups is 4. The molecule has 4 amide bonds. The second-order valence-electron chi connectivity index (χ2n) is 10.1. The highest BCUT2D eigenvalue weighted by atomic mass is 16.5. The van der Waals surface area contributed by atoms with Crippen molar-refractivity contribution in [3.05, 3.63) is 71.3 Å². The SMILES string of the molecule is CN(C)C(=O)C(Cc1ccc(C(=N)N)cc1)C(=O)N[C@@H](COCc1ccccc1)C(=O)N[C@@H](CCCNC(=N)N)C(N)=O. The molecule has 14 nitrogen and oxygen atoms in total. The number of nitrogens with one attached hydrogen (secondary N) is 5. The summed E-state index contributed by atoms with van der Waals surface area (Å²) in [6.07, 6.45) is 0.551. The van der Waals surface area contributed by atoms with E-state index in [0.717, 1.165) is 5.56 Å². The standard InChI is InChI=1S/C29H41N9O5/c1-38(2)28(42)21(15-18-10-12-20(13-11-18)24(30)31)26(40)37-23(17-43-16-19-7-4-3-5-8-19)27(41)36-22(25(32)39)9-6-14-35-29(33)34/h3-5,7-8,10-13,21-23H,6,9,14-17H2,1-2H3,(H3,30,31)(H2,32,39)(H,36,41)(H,37,40)(H4,33,34,35)/t21?,22-,23-/m0/s1. The Hall–Kier alpha value is -4.98. The number of ether oxygens (including phenoxy) is 1. The van der Waals surface area contributed by atoms with Crippen LogP contribution in [-0.4, -0.2) is 79.7 Å². The molecule has 43 heavy (non-hydrogen) atoms. The molecule has 232 valence electrons. The van der Waals surface area contributed by atoms with Crippen LogP contribution < -0.4 is 33.2 Å². The molecule has 0 aliphatic rings. The Kier molecular flexibility index (Phi) is 13.6. The fraction of sp³-hybridized carbons (Fsp3) is 0.379. The van der Waals surface area contributed by atoms with Crippen molar-refractivity contribution in [1.82, 2.24) is 20.9 Å². The van der Waals surface area contributed by atoms with Gasteiger partial charge in [0.05, 0.1) is 13.2 Å². The van der Waals surface area contributed by atoms with Gasteiger partial charge in [-0.05, 0) is 30.4 Å². The minimum absolute atomic E-state index is 0.0211. The van der Waals surface area contributed by atoms with Crippen molar-refractivity contribution in [2.75, 3.05) is 27.2 Å². The molecular formula is C29H41N9O5. The number of rotatable bonds is 17. The first-order valence-corrected chi connectivity index (χ1v) is 13.6. The summed E-state index contributed by atoms with van der Waals surface area (Å²) in [5, 5.41) is 22.6. The van der Waals surface area contributed by atoms with Crippen molar-refractivity contribution in [2.45, 2.75) is 38.0 Å². The Bertz CT molecular complexity index is 1270. The lowest BCUT2D eigenvalue weighted by Crippen LogP contribution is -2.56. The zero-order chi connectivity index (χ0) is 31.9. The van der Waals surface area contributed by atoms with E-state index in [2.05, 4.69) is 16.0 Å². The molecule has 14 heteroatoms. The Balaban J connectivity index is 2.23. The molecule has 0 radical (unpaired) electrons. The molecule has 0 aliphatic carbocycles. The van der Waals surface area contributed by atoms with Crippen LogP contribution >= 0.6 is 0 Å². The van der Waals surface area contributed by atoms with Gasteiger partial charge in [0.25, 0.3) is 0 Å². The lowest BCUT2D eigenvalue weighted by Gasteiger charge is -2.25. The van der Waals surface area contributed by atoms with E-state index in [1.54, 1.807) is 24.3 Å². The lowest BCUT2D eigenvalue weighted by atomic mass is 9.95. The van der Waals surface area contributed by atoms with Gasteiger partial charge < -0.3 is 42.8 Å². The maximum atomic E-state index is 13.5. The van der Waals surface area contributed by atoms with Crippen molar-refractivity contribution >= 4 is 35.4 Å². The summed E-state index contributed by atoms with van der Waals surface area (Å²) in [4.78, 5) is 53.3. The van der Waals surface area contributed by atoms with Crippen LogP contribution in [-0.2, 0) is 36.9 Å². The van der Waals surface area contributed by atoms with E-state index >= 15 is 0 Å². The minimum Gasteiger partial charge on any atom is -0.384 e. The molecule has 0 saturated carbocycles. The number of nitrogens with two attached hydrogens (primary N) is 3. The number of amidine groups is 1. The molecule has 0 heterocycles. The van der Waals surface area contributed by atoms with Crippen molar-refractivity contribution in [3.63, 3.8) is 0 Å². The second-order valence-corrected chi connectivity index (χ2v) is 10.1. The van der Waals surface area contributed by atoms with Gasteiger partial charge in [0.2, 0.25) is 23.6 Å². The van der Waals surface area contributed by atoms with Gasteiger partial charge in [0.15, 0.2) is 5.96 Å². The number of benzene rings is 2. The normalized spacial score (nSPS) is 12.7. The number of nitrogens with zero attached hydrogens (tertiary/aromatic N) is 1. The molecular weight excluding hydrogens is 554 g/mol. The Morgan fingerprint density at radius 3 is 2.05 bits per heavy atom. The number of amides is 4. The zero-order valence-corrected chi connectivity index (χ0v) is 24.4. The number of guanidine groups is 1. The summed E-state index contributed by atoms with van der Waals surface area (Å²) >= 11 is 0. The number of hydrogen-bond donors (Lipinski definition) is 8. The monoisotopic (exact) mass is 595 g/mol. The van der Waals surface area contributed by atoms with E-state index in [-0.39, 0.29) is 44.4 Å². The van der Waals surface area contributed by atoms with Crippen LogP contribution in [0.5, 0.6) is 0 Å². The first kappa shape index (κ1) is 34.2. The van der Waals surface area contributed by atoms with E-state index < -0.39 is 41.6 Å². The molecule has 11 N–H and O–H groups in total. The highest BCUT2D eigenvalue weighted by Crippen LogP contribution is 2.14. The first-order valence-electron chi connectivity index (χ1n) is 13.6. The summed E-state index contributed by atoms with van der Waals surface area (Å²) in [7, 11) is 3.04. The van der Waals surface area contributed by atoms with Crippen LogP contribution in [0.2, 0.25) is 0 Å². The molecule has 0 aromatic heterocycles. The van der Waals surface area contributed by atoms with Gasteiger partial charge in [-0.2, -0.15) is 0 Å². The smallest absolute Gasteiger partial charge is 0.245 e. The zero-order valence-electron chi connectivity index (χ0n) is 24.4. The van der Waals surface area contributed by atoms with Crippen molar-refractivity contribution in [2.24, 2.45) is 23.1 Å². The van der Waals surface area contributed by atoms with Crippen molar-refractivity contribution in [3.8, 4) is 0 Å². The van der Waals surface area contributed by atoms with Gasteiger partial charge in [-0.25, -0.2) is 0 Å². The first-order chi connectivity index (χ1) is 20.4. The molecule has 0 spiro atoms. The van der Waals surface area contributed by atoms with Crippen LogP contribution in [0.4, 0.5) is 0 Å². The number of primary amides is 1. The average Bonchev–Trinajstić information content (AvgIpc) is 2.96. The van der Waals surface area contributed by atoms with Gasteiger partial charge in [0.1, 0.15) is 23.8 Å². The van der Waals surface area contributed by atoms with Crippen LogP contribution in [0.25, 0.3) is 0 Å². The lowest BCUT2D eigenvalue weighted by molar-refractivity contribution is -0.142. The largest absolute Gasteiger partial charge is 0.384 e. The molecule has 2 aromatic rings. The molecule has 2 rings (SSSR count). The molecule has 2 aromatic carbocycles. The van der Waals surface area contributed by atoms with Crippen LogP contribution in [0, 0.1) is 16.7 Å². The molecule has 0 bridgehead atoms. The quantitative estimate of drug-likeness (QED) is 0.0494. The summed E-state index contributed by atoms with van der Waals surface area (Å²) < 4.78 is 5.75. The van der Waals surface area contributed by atoms with E-state index in [1.807, 2.05) is 30.3 Å². The van der Waals surface area contributed by atoms with Crippen molar-refractivity contribution in [1.29, 1.82) is 10.8 Å². The number of nitrogen functional groups attached to an aromatic ring is 1. The fourth-order valence-electron chi connectivity index (χ4n) is 4.07. The Morgan fingerprint density at radius 1 is 0.860 bits per heavy atom. The third kappa shape index (κ3) is 11.8. The third-order valence-corrected chi connectivity index (χ3v) is 6.43. The molecule has 1 unspecified atom stereocenters. The molecule has 0 saturated heterocycles. The average molecular weight is 596 g/mol. The number of carbonyl (C=O) groups excluding carboxylic acids is 4. The summed E-state index contributed by atoms with van der Waals surface area (Å²) in [5.74, 6) is -4.21. The van der Waals surface area contributed by atoms with Gasteiger partial charge in [0, 0.05) is 26.2 Å². The highest BCUT2D eigenvalue weighted by molar-refractivity contribution is 6.02. The summed E-state index contributed by atoms with van der Waals surface area (Å²) in [5.41, 5.74) is 18.3. The Labute approximate surface area is 250 Å². The summed E-state index contributed by atoms with van der Waals surface area (Å²) in [6, 6.07) is 13.5. The van der Waals surface area contributed by atoms with Crippen LogP contribution in [0.3, 0.4) is 0 Å². The van der Waals surface area contributed by atoms with Crippen LogP contribution in [0.15, 0.2) is 54.6 Å². The van der Waals surface area contributed by atoms with E-state index in [4.69, 9.17) is 32.8 Å². The van der Waals surface area contributed by atoms with Gasteiger partial charge >= 0.3 is 0 Å². The Morgan fingerprint density at radius 2 is 1.49 bits per heavy atom. The number of hydrogen-bond acceptors (Lipinski definition) is 7. The predicted molar refractivity (Wildman–Crippen MR) is 162 cm³/mol. The highest BCUT2D eigenvalue weighted by Gasteiger charge is 2.33.